The van der Waals surface area contributed by atoms with Crippen LogP contribution in [-0.4, -0.2) is 15.5 Å². The van der Waals surface area contributed by atoms with Crippen molar-refractivity contribution in [1.82, 2.24) is 0 Å². The van der Waals surface area contributed by atoms with E-state index in [2.05, 4.69) is 28.3 Å². The minimum absolute atomic E-state index is 0.0694. The summed E-state index contributed by atoms with van der Waals surface area (Å²) in [5.74, 6) is 0.534. The standard InChI is InChI=1S/C25H23FN2O3S/c1-31-17-7-4-6-16(14-17)25-20-9-5-8-19(20)21-15-18(12-13-23(21)27-25)32(29,30)28-24-11-3-2-10-22(24)26/h2-8,10-15,19-20,25,27-28H,9H2,1H3/t19-,20+,25+/m0/s1. The number of sulfonamides is 1. The van der Waals surface area contributed by atoms with Crippen molar-refractivity contribution in [3.05, 3.63) is 95.8 Å². The highest BCUT2D eigenvalue weighted by Crippen LogP contribution is 2.50. The number of halogens is 1. The lowest BCUT2D eigenvalue weighted by Crippen LogP contribution is -2.29. The molecule has 5 nitrogen and oxygen atoms in total. The first-order valence-electron chi connectivity index (χ1n) is 10.4. The monoisotopic (exact) mass is 450 g/mol. The van der Waals surface area contributed by atoms with Crippen LogP contribution in [0.5, 0.6) is 5.75 Å². The second-order valence-electron chi connectivity index (χ2n) is 8.09. The molecule has 0 saturated carbocycles. The summed E-state index contributed by atoms with van der Waals surface area (Å²) in [6, 6.07) is 18.9. The Kier molecular flexibility index (Phi) is 5.13. The third-order valence-corrected chi connectivity index (χ3v) is 7.58. The number of nitrogens with one attached hydrogen (secondary N) is 2. The lowest BCUT2D eigenvalue weighted by atomic mass is 9.77. The molecule has 0 amide bonds. The van der Waals surface area contributed by atoms with Crippen LogP contribution in [0.25, 0.3) is 0 Å². The number of ether oxygens (including phenoxy) is 1. The van der Waals surface area contributed by atoms with Crippen LogP contribution in [-0.2, 0) is 10.0 Å². The maximum atomic E-state index is 14.0. The topological polar surface area (TPSA) is 67.4 Å². The minimum atomic E-state index is -3.93. The van der Waals surface area contributed by atoms with Gasteiger partial charge in [0.25, 0.3) is 10.0 Å². The van der Waals surface area contributed by atoms with Gasteiger partial charge in [0.05, 0.1) is 23.7 Å². The number of rotatable bonds is 5. The second kappa shape index (κ2) is 7.98. The Labute approximate surface area is 187 Å². The Bertz CT molecular complexity index is 1310. The summed E-state index contributed by atoms with van der Waals surface area (Å²) in [7, 11) is -2.28. The summed E-state index contributed by atoms with van der Waals surface area (Å²) in [5, 5.41) is 3.60. The van der Waals surface area contributed by atoms with Gasteiger partial charge in [-0.2, -0.15) is 0 Å². The molecule has 0 aromatic heterocycles. The van der Waals surface area contributed by atoms with Gasteiger partial charge in [0.1, 0.15) is 11.6 Å². The van der Waals surface area contributed by atoms with E-state index >= 15 is 0 Å². The zero-order valence-corrected chi connectivity index (χ0v) is 18.3. The van der Waals surface area contributed by atoms with Crippen LogP contribution in [0.4, 0.5) is 15.8 Å². The fourth-order valence-electron chi connectivity index (χ4n) is 4.65. The molecule has 0 saturated heterocycles. The summed E-state index contributed by atoms with van der Waals surface area (Å²) in [5.41, 5.74) is 2.89. The van der Waals surface area contributed by atoms with Gasteiger partial charge in [-0.05, 0) is 65.9 Å². The van der Waals surface area contributed by atoms with Crippen molar-refractivity contribution in [2.24, 2.45) is 5.92 Å². The highest BCUT2D eigenvalue weighted by atomic mass is 32.2. The van der Waals surface area contributed by atoms with Crippen LogP contribution in [0.15, 0.2) is 83.8 Å². The van der Waals surface area contributed by atoms with E-state index in [4.69, 9.17) is 4.74 Å². The average Bonchev–Trinajstić information content (AvgIpc) is 3.30. The Hall–Kier alpha value is -3.32. The zero-order valence-electron chi connectivity index (χ0n) is 17.5. The number of anilines is 2. The van der Waals surface area contributed by atoms with E-state index < -0.39 is 15.8 Å². The quantitative estimate of drug-likeness (QED) is 0.507. The summed E-state index contributed by atoms with van der Waals surface area (Å²) < 4.78 is 47.7. The maximum absolute atomic E-state index is 14.0. The molecule has 3 atom stereocenters. The maximum Gasteiger partial charge on any atom is 0.261 e. The molecule has 0 spiro atoms. The van der Waals surface area contributed by atoms with Crippen molar-refractivity contribution < 1.29 is 17.5 Å². The smallest absolute Gasteiger partial charge is 0.261 e. The molecular weight excluding hydrogens is 427 g/mol. The van der Waals surface area contributed by atoms with Gasteiger partial charge < -0.3 is 10.1 Å². The van der Waals surface area contributed by atoms with Crippen LogP contribution in [0.2, 0.25) is 0 Å². The Morgan fingerprint density at radius 3 is 2.72 bits per heavy atom. The summed E-state index contributed by atoms with van der Waals surface area (Å²) in [6.07, 6.45) is 5.19. The van der Waals surface area contributed by atoms with Crippen molar-refractivity contribution in [3.63, 3.8) is 0 Å². The number of fused-ring (bicyclic) bond motifs is 3. The minimum Gasteiger partial charge on any atom is -0.497 e. The normalized spacial score (nSPS) is 21.4. The Morgan fingerprint density at radius 1 is 1.06 bits per heavy atom. The number of methoxy groups -OCH3 is 1. The van der Waals surface area contributed by atoms with Gasteiger partial charge in [0.2, 0.25) is 0 Å². The van der Waals surface area contributed by atoms with Crippen LogP contribution >= 0.6 is 0 Å². The number of para-hydroxylation sites is 1. The summed E-state index contributed by atoms with van der Waals surface area (Å²) in [4.78, 5) is 0.111. The van der Waals surface area contributed by atoms with Gasteiger partial charge in [0.15, 0.2) is 0 Å². The van der Waals surface area contributed by atoms with Crippen molar-refractivity contribution in [3.8, 4) is 5.75 Å². The number of benzene rings is 3. The van der Waals surface area contributed by atoms with Crippen molar-refractivity contribution in [1.29, 1.82) is 0 Å². The lowest BCUT2D eigenvalue weighted by molar-refractivity contribution is 0.406. The molecule has 0 fully saturated rings. The summed E-state index contributed by atoms with van der Waals surface area (Å²) in [6.45, 7) is 0. The molecule has 0 unspecified atom stereocenters. The largest absolute Gasteiger partial charge is 0.497 e. The SMILES string of the molecule is COc1cccc([C@H]2Nc3ccc(S(=O)(=O)Nc4ccccc4F)cc3[C@H]3C=CC[C@H]32)c1. The van der Waals surface area contributed by atoms with Gasteiger partial charge in [-0.1, -0.05) is 36.4 Å². The van der Waals surface area contributed by atoms with Crippen LogP contribution < -0.4 is 14.8 Å². The molecule has 32 heavy (non-hydrogen) atoms. The van der Waals surface area contributed by atoms with Crippen molar-refractivity contribution in [2.45, 2.75) is 23.3 Å². The number of hydrogen-bond donors (Lipinski definition) is 2. The first-order chi connectivity index (χ1) is 15.5. The molecular formula is C25H23FN2O3S. The van der Waals surface area contributed by atoms with Crippen molar-refractivity contribution >= 4 is 21.4 Å². The highest BCUT2D eigenvalue weighted by Gasteiger charge is 2.38. The molecule has 1 aliphatic carbocycles. The average molecular weight is 451 g/mol. The molecule has 1 aliphatic heterocycles. The van der Waals surface area contributed by atoms with Crippen LogP contribution in [0.1, 0.15) is 29.5 Å². The molecule has 5 rings (SSSR count). The predicted octanol–water partition coefficient (Wildman–Crippen LogP) is 5.46. The molecule has 7 heteroatoms. The Balaban J connectivity index is 1.50. The third-order valence-electron chi connectivity index (χ3n) is 6.22. The van der Waals surface area contributed by atoms with Crippen molar-refractivity contribution in [2.75, 3.05) is 17.1 Å². The van der Waals surface area contributed by atoms with E-state index in [1.807, 2.05) is 18.2 Å². The molecule has 164 valence electrons. The van der Waals surface area contributed by atoms with E-state index in [-0.39, 0.29) is 28.5 Å². The van der Waals surface area contributed by atoms with Crippen LogP contribution in [0, 0.1) is 11.7 Å². The molecule has 2 aliphatic rings. The lowest BCUT2D eigenvalue weighted by Gasteiger charge is -2.37. The van der Waals surface area contributed by atoms with Crippen LogP contribution in [0.3, 0.4) is 0 Å². The predicted molar refractivity (Wildman–Crippen MR) is 123 cm³/mol. The molecule has 0 radical (unpaired) electrons. The van der Waals surface area contributed by atoms with E-state index in [0.29, 0.717) is 0 Å². The van der Waals surface area contributed by atoms with E-state index in [0.717, 1.165) is 29.0 Å². The van der Waals surface area contributed by atoms with E-state index in [9.17, 15) is 12.8 Å². The summed E-state index contributed by atoms with van der Waals surface area (Å²) >= 11 is 0. The van der Waals surface area contributed by atoms with Gasteiger partial charge in [0, 0.05) is 11.6 Å². The first-order valence-corrected chi connectivity index (χ1v) is 11.9. The fourth-order valence-corrected chi connectivity index (χ4v) is 5.75. The number of hydrogen-bond acceptors (Lipinski definition) is 4. The van der Waals surface area contributed by atoms with E-state index in [1.54, 1.807) is 31.4 Å². The Morgan fingerprint density at radius 2 is 1.91 bits per heavy atom. The molecule has 2 N–H and O–H groups in total. The highest BCUT2D eigenvalue weighted by molar-refractivity contribution is 7.92. The van der Waals surface area contributed by atoms with Gasteiger partial charge >= 0.3 is 0 Å². The molecule has 3 aromatic rings. The molecule has 3 aromatic carbocycles. The first kappa shape index (κ1) is 20.6. The molecule has 0 bridgehead atoms. The third kappa shape index (κ3) is 3.62. The van der Waals surface area contributed by atoms with Gasteiger partial charge in [-0.25, -0.2) is 12.8 Å². The van der Waals surface area contributed by atoms with Gasteiger partial charge in [-0.3, -0.25) is 4.72 Å². The molecule has 1 heterocycles. The number of allylic oxidation sites excluding steroid dienone is 2. The second-order valence-corrected chi connectivity index (χ2v) is 9.77. The van der Waals surface area contributed by atoms with Gasteiger partial charge in [-0.15, -0.1) is 0 Å². The zero-order chi connectivity index (χ0) is 22.3. The van der Waals surface area contributed by atoms with E-state index in [1.165, 1.54) is 18.2 Å². The fraction of sp³-hybridized carbons (Fsp3) is 0.200.